The molecule has 1 saturated carbocycles. The van der Waals surface area contributed by atoms with Crippen LogP contribution < -0.4 is 0 Å². The second-order valence-corrected chi connectivity index (χ2v) is 8.80. The van der Waals surface area contributed by atoms with Crippen LogP contribution in [0.4, 0.5) is 0 Å². The second-order valence-electron chi connectivity index (χ2n) is 8.80. The average molecular weight is 417 g/mol. The Morgan fingerprint density at radius 3 is 2.71 bits per heavy atom. The molecule has 6 heteroatoms. The number of imidazole rings is 1. The number of rotatable bonds is 3. The number of amides is 1. The third kappa shape index (κ3) is 3.55. The van der Waals surface area contributed by atoms with Crippen LogP contribution in [-0.4, -0.2) is 43.0 Å². The van der Waals surface area contributed by atoms with E-state index >= 15 is 0 Å². The van der Waals surface area contributed by atoms with Crippen molar-refractivity contribution in [2.45, 2.75) is 50.7 Å². The van der Waals surface area contributed by atoms with E-state index in [1.165, 1.54) is 0 Å². The van der Waals surface area contributed by atoms with Gasteiger partial charge in [-0.3, -0.25) is 9.36 Å². The van der Waals surface area contributed by atoms with Crippen molar-refractivity contribution in [3.05, 3.63) is 78.0 Å². The van der Waals surface area contributed by atoms with E-state index in [0.29, 0.717) is 18.7 Å². The summed E-state index contributed by atoms with van der Waals surface area (Å²) in [6, 6.07) is 15.8. The summed E-state index contributed by atoms with van der Waals surface area (Å²) in [6.07, 6.45) is 7.98. The smallest absolute Gasteiger partial charge is 0.274 e. The first-order valence-electron chi connectivity index (χ1n) is 11.1. The van der Waals surface area contributed by atoms with Crippen molar-refractivity contribution in [1.82, 2.24) is 19.4 Å². The Hall–Kier alpha value is -2.99. The lowest BCUT2D eigenvalue weighted by Crippen LogP contribution is -2.59. The molecule has 1 amide bonds. The van der Waals surface area contributed by atoms with Crippen molar-refractivity contribution in [2.75, 3.05) is 6.54 Å². The predicted octanol–water partition coefficient (Wildman–Crippen LogP) is 3.87. The molecule has 3 atom stereocenters. The Kier molecular flexibility index (Phi) is 5.10. The number of likely N-dealkylation sites (tertiary alicyclic amines) is 1. The molecule has 0 radical (unpaired) electrons. The normalized spacial score (nSPS) is 25.8. The zero-order valence-electron chi connectivity index (χ0n) is 17.8. The fraction of sp³-hybridized carbons (Fsp3) is 0.400. The van der Waals surface area contributed by atoms with Gasteiger partial charge in [-0.1, -0.05) is 49.2 Å². The Morgan fingerprint density at radius 1 is 1.10 bits per heavy atom. The lowest BCUT2D eigenvalue weighted by atomic mass is 9.66. The fourth-order valence-corrected chi connectivity index (χ4v) is 5.40. The van der Waals surface area contributed by atoms with Crippen LogP contribution in [0, 0.1) is 12.8 Å². The standard InChI is InChI=1S/C25H28N4O2/c1-18-8-7-13-23(27-18)28-16-21(26-17-28)24(30)29-15-14-25(31,19-9-3-2-4-10-19)20-11-5-6-12-22(20)29/h2-4,7-10,13,16-17,20,22,31H,5-6,11-12,14-15H2,1H3/t20-,22+,25?/m1/s1. The van der Waals surface area contributed by atoms with Crippen LogP contribution in [0.25, 0.3) is 5.82 Å². The van der Waals surface area contributed by atoms with Gasteiger partial charge in [-0.05, 0) is 43.9 Å². The molecular formula is C25H28N4O2. The summed E-state index contributed by atoms with van der Waals surface area (Å²) in [7, 11) is 0. The van der Waals surface area contributed by atoms with Crippen LogP contribution in [0.1, 0.15) is 53.8 Å². The van der Waals surface area contributed by atoms with Gasteiger partial charge in [0.1, 0.15) is 17.8 Å². The molecule has 6 nitrogen and oxygen atoms in total. The van der Waals surface area contributed by atoms with Crippen molar-refractivity contribution in [3.63, 3.8) is 0 Å². The van der Waals surface area contributed by atoms with Crippen molar-refractivity contribution in [3.8, 4) is 5.82 Å². The van der Waals surface area contributed by atoms with Gasteiger partial charge in [0.25, 0.3) is 5.91 Å². The summed E-state index contributed by atoms with van der Waals surface area (Å²) < 4.78 is 1.79. The third-order valence-electron chi connectivity index (χ3n) is 6.95. The monoisotopic (exact) mass is 416 g/mol. The molecule has 1 aromatic carbocycles. The minimum Gasteiger partial charge on any atom is -0.385 e. The molecule has 1 unspecified atom stereocenters. The lowest BCUT2D eigenvalue weighted by Gasteiger charge is -2.52. The number of pyridine rings is 1. The molecule has 0 spiro atoms. The lowest BCUT2D eigenvalue weighted by molar-refractivity contribution is -0.110. The van der Waals surface area contributed by atoms with Gasteiger partial charge in [-0.2, -0.15) is 0 Å². The van der Waals surface area contributed by atoms with Gasteiger partial charge in [-0.25, -0.2) is 9.97 Å². The van der Waals surface area contributed by atoms with Gasteiger partial charge in [0.2, 0.25) is 0 Å². The molecule has 2 aliphatic rings. The molecule has 5 rings (SSSR count). The van der Waals surface area contributed by atoms with E-state index in [-0.39, 0.29) is 17.9 Å². The fourth-order valence-electron chi connectivity index (χ4n) is 5.40. The van der Waals surface area contributed by atoms with Crippen LogP contribution >= 0.6 is 0 Å². The van der Waals surface area contributed by atoms with Crippen molar-refractivity contribution >= 4 is 5.91 Å². The van der Waals surface area contributed by atoms with Gasteiger partial charge in [0, 0.05) is 30.4 Å². The van der Waals surface area contributed by atoms with Gasteiger partial charge in [0.05, 0.1) is 5.60 Å². The van der Waals surface area contributed by atoms with E-state index in [1.807, 2.05) is 60.4 Å². The highest BCUT2D eigenvalue weighted by atomic mass is 16.3. The number of carbonyl (C=O) groups excluding carboxylic acids is 1. The molecule has 3 heterocycles. The van der Waals surface area contributed by atoms with E-state index in [9.17, 15) is 9.90 Å². The largest absolute Gasteiger partial charge is 0.385 e. The molecule has 2 fully saturated rings. The summed E-state index contributed by atoms with van der Waals surface area (Å²) in [5.41, 5.74) is 1.43. The van der Waals surface area contributed by atoms with Gasteiger partial charge < -0.3 is 10.0 Å². The molecule has 3 aromatic rings. The first kappa shape index (κ1) is 19.9. The highest BCUT2D eigenvalue weighted by Gasteiger charge is 2.50. The first-order chi connectivity index (χ1) is 15.1. The maximum absolute atomic E-state index is 13.5. The minimum absolute atomic E-state index is 0.0300. The van der Waals surface area contributed by atoms with Gasteiger partial charge in [0.15, 0.2) is 0 Å². The number of nitrogens with zero attached hydrogens (tertiary/aromatic N) is 4. The van der Waals surface area contributed by atoms with E-state index in [0.717, 1.165) is 42.8 Å². The van der Waals surface area contributed by atoms with Crippen LogP contribution in [-0.2, 0) is 5.60 Å². The zero-order valence-corrected chi connectivity index (χ0v) is 17.8. The minimum atomic E-state index is -0.881. The summed E-state index contributed by atoms with van der Waals surface area (Å²) in [5, 5.41) is 11.7. The maximum atomic E-state index is 13.5. The summed E-state index contributed by atoms with van der Waals surface area (Å²) in [5.74, 6) is 0.736. The van der Waals surface area contributed by atoms with Crippen molar-refractivity contribution in [1.29, 1.82) is 0 Å². The number of hydrogen-bond donors (Lipinski definition) is 1. The highest BCUT2D eigenvalue weighted by Crippen LogP contribution is 2.47. The number of aliphatic hydroxyl groups is 1. The number of fused-ring (bicyclic) bond motifs is 1. The van der Waals surface area contributed by atoms with Crippen molar-refractivity contribution in [2.24, 2.45) is 5.92 Å². The zero-order chi connectivity index (χ0) is 21.4. The number of piperidine rings is 1. The van der Waals surface area contributed by atoms with Crippen LogP contribution in [0.15, 0.2) is 61.1 Å². The topological polar surface area (TPSA) is 71.2 Å². The highest BCUT2D eigenvalue weighted by molar-refractivity contribution is 5.92. The van der Waals surface area contributed by atoms with E-state index < -0.39 is 5.60 Å². The number of aryl methyl sites for hydroxylation is 1. The molecule has 1 aliphatic carbocycles. The quantitative estimate of drug-likeness (QED) is 0.704. The molecule has 31 heavy (non-hydrogen) atoms. The number of benzene rings is 1. The summed E-state index contributed by atoms with van der Waals surface area (Å²) in [4.78, 5) is 24.3. The number of aromatic nitrogens is 3. The molecular weight excluding hydrogens is 388 g/mol. The van der Waals surface area contributed by atoms with Crippen LogP contribution in [0.5, 0.6) is 0 Å². The Labute approximate surface area is 182 Å². The molecule has 1 N–H and O–H groups in total. The number of hydrogen-bond acceptors (Lipinski definition) is 4. The molecule has 1 saturated heterocycles. The molecule has 2 aromatic heterocycles. The van der Waals surface area contributed by atoms with Crippen LogP contribution in [0.3, 0.4) is 0 Å². The SMILES string of the molecule is Cc1cccc(-n2cnc(C(=O)N3CCC(O)(c4ccccc4)[C@@H]4CCCC[C@@H]43)c2)n1. The molecule has 1 aliphatic heterocycles. The Bertz CT molecular complexity index is 1080. The maximum Gasteiger partial charge on any atom is 0.274 e. The molecule has 0 bridgehead atoms. The van der Waals surface area contributed by atoms with E-state index in [2.05, 4.69) is 9.97 Å². The average Bonchev–Trinajstić information content (AvgIpc) is 3.30. The predicted molar refractivity (Wildman–Crippen MR) is 118 cm³/mol. The van der Waals surface area contributed by atoms with Gasteiger partial charge in [-0.15, -0.1) is 0 Å². The number of carbonyl (C=O) groups is 1. The molecule has 160 valence electrons. The Balaban J connectivity index is 1.42. The van der Waals surface area contributed by atoms with Crippen LogP contribution in [0.2, 0.25) is 0 Å². The first-order valence-corrected chi connectivity index (χ1v) is 11.1. The van der Waals surface area contributed by atoms with E-state index in [1.54, 1.807) is 17.1 Å². The summed E-state index contributed by atoms with van der Waals surface area (Å²) in [6.45, 7) is 2.47. The Morgan fingerprint density at radius 2 is 1.90 bits per heavy atom. The second kappa shape index (κ2) is 7.93. The van der Waals surface area contributed by atoms with Gasteiger partial charge >= 0.3 is 0 Å². The third-order valence-corrected chi connectivity index (χ3v) is 6.95. The summed E-state index contributed by atoms with van der Waals surface area (Å²) >= 11 is 0. The van der Waals surface area contributed by atoms with E-state index in [4.69, 9.17) is 0 Å². The van der Waals surface area contributed by atoms with Crippen molar-refractivity contribution < 1.29 is 9.90 Å².